The number of aliphatic hydroxyl groups is 1. The standard InChI is InChI=1S/C11H13NO3/c13-9-3-4-11(14-6-7-15-11)8-2-1-5-12-10(8)9/h1-2,5,9,13H,3-4,6-7H2. The zero-order chi connectivity index (χ0) is 10.3. The summed E-state index contributed by atoms with van der Waals surface area (Å²) in [6.45, 7) is 1.23. The lowest BCUT2D eigenvalue weighted by Gasteiger charge is -2.34. The lowest BCUT2D eigenvalue weighted by molar-refractivity contribution is -0.183. The molecular formula is C11H13NO3. The van der Waals surface area contributed by atoms with Gasteiger partial charge in [-0.1, -0.05) is 6.07 Å². The van der Waals surface area contributed by atoms with Crippen molar-refractivity contribution in [3.8, 4) is 0 Å². The number of fused-ring (bicyclic) bond motifs is 2. The van der Waals surface area contributed by atoms with E-state index in [1.165, 1.54) is 0 Å². The largest absolute Gasteiger partial charge is 0.387 e. The molecule has 1 aliphatic heterocycles. The molecule has 2 aliphatic rings. The monoisotopic (exact) mass is 207 g/mol. The molecule has 1 aromatic rings. The fourth-order valence-electron chi connectivity index (χ4n) is 2.36. The van der Waals surface area contributed by atoms with Crippen molar-refractivity contribution in [3.63, 3.8) is 0 Å². The summed E-state index contributed by atoms with van der Waals surface area (Å²) in [5, 5.41) is 9.83. The van der Waals surface area contributed by atoms with Gasteiger partial charge in [0, 0.05) is 18.2 Å². The Hall–Kier alpha value is -0.970. The van der Waals surface area contributed by atoms with Gasteiger partial charge in [-0.3, -0.25) is 4.98 Å². The SMILES string of the molecule is OC1CCC2(OCCO2)c2cccnc21. The minimum atomic E-state index is -0.636. The summed E-state index contributed by atoms with van der Waals surface area (Å²) < 4.78 is 11.4. The van der Waals surface area contributed by atoms with Crippen LogP contribution in [-0.2, 0) is 15.3 Å². The maximum atomic E-state index is 9.83. The van der Waals surface area contributed by atoms with Crippen molar-refractivity contribution in [1.82, 2.24) is 4.98 Å². The summed E-state index contributed by atoms with van der Waals surface area (Å²) in [5.41, 5.74) is 1.59. The molecule has 1 atom stereocenters. The third-order valence-corrected chi connectivity index (χ3v) is 3.07. The first-order valence-corrected chi connectivity index (χ1v) is 5.23. The molecule has 1 aromatic heterocycles. The molecular weight excluding hydrogens is 194 g/mol. The predicted molar refractivity (Wildman–Crippen MR) is 52.0 cm³/mol. The van der Waals surface area contributed by atoms with Gasteiger partial charge in [0.1, 0.15) is 0 Å². The Kier molecular flexibility index (Phi) is 2.02. The van der Waals surface area contributed by atoms with Crippen LogP contribution in [0, 0.1) is 0 Å². The van der Waals surface area contributed by atoms with Gasteiger partial charge in [-0.15, -0.1) is 0 Å². The number of aromatic nitrogens is 1. The molecule has 1 aliphatic carbocycles. The molecule has 1 unspecified atom stereocenters. The van der Waals surface area contributed by atoms with Gasteiger partial charge in [0.2, 0.25) is 0 Å². The Morgan fingerprint density at radius 1 is 1.40 bits per heavy atom. The predicted octanol–water partition coefficient (Wildman–Crippen LogP) is 1.11. The molecule has 0 aromatic carbocycles. The molecule has 1 saturated heterocycles. The first-order valence-electron chi connectivity index (χ1n) is 5.23. The average molecular weight is 207 g/mol. The van der Waals surface area contributed by atoms with E-state index in [2.05, 4.69) is 4.98 Å². The molecule has 1 fully saturated rings. The molecule has 1 spiro atoms. The van der Waals surface area contributed by atoms with E-state index < -0.39 is 11.9 Å². The summed E-state index contributed by atoms with van der Waals surface area (Å²) in [4.78, 5) is 4.21. The lowest BCUT2D eigenvalue weighted by atomic mass is 9.88. The highest BCUT2D eigenvalue weighted by molar-refractivity contribution is 5.29. The lowest BCUT2D eigenvalue weighted by Crippen LogP contribution is -2.33. The summed E-state index contributed by atoms with van der Waals surface area (Å²) in [6, 6.07) is 3.78. The molecule has 4 nitrogen and oxygen atoms in total. The van der Waals surface area contributed by atoms with Gasteiger partial charge >= 0.3 is 0 Å². The third kappa shape index (κ3) is 1.29. The summed E-state index contributed by atoms with van der Waals surface area (Å²) in [6.07, 6.45) is 2.55. The Morgan fingerprint density at radius 3 is 3.00 bits per heavy atom. The minimum Gasteiger partial charge on any atom is -0.387 e. The van der Waals surface area contributed by atoms with E-state index in [4.69, 9.17) is 9.47 Å². The minimum absolute atomic E-state index is 0.486. The van der Waals surface area contributed by atoms with Crippen LogP contribution in [0.2, 0.25) is 0 Å². The number of pyridine rings is 1. The molecule has 2 heterocycles. The van der Waals surface area contributed by atoms with Crippen LogP contribution in [0.1, 0.15) is 30.2 Å². The quantitative estimate of drug-likeness (QED) is 0.692. The molecule has 0 radical (unpaired) electrons. The zero-order valence-corrected chi connectivity index (χ0v) is 8.35. The Bertz CT molecular complexity index is 374. The van der Waals surface area contributed by atoms with Crippen LogP contribution >= 0.6 is 0 Å². The second-order valence-electron chi connectivity index (χ2n) is 3.94. The summed E-state index contributed by atoms with van der Waals surface area (Å²) in [5.74, 6) is -0.636. The van der Waals surface area contributed by atoms with Crippen molar-refractivity contribution in [1.29, 1.82) is 0 Å². The van der Waals surface area contributed by atoms with Crippen LogP contribution in [0.4, 0.5) is 0 Å². The molecule has 15 heavy (non-hydrogen) atoms. The first kappa shape index (κ1) is 9.27. The van der Waals surface area contributed by atoms with Crippen LogP contribution in [0.5, 0.6) is 0 Å². The molecule has 0 saturated carbocycles. The Labute approximate surface area is 87.9 Å². The number of aliphatic hydroxyl groups excluding tert-OH is 1. The first-order chi connectivity index (χ1) is 7.32. The summed E-state index contributed by atoms with van der Waals surface area (Å²) in [7, 11) is 0. The molecule has 1 N–H and O–H groups in total. The Morgan fingerprint density at radius 2 is 2.20 bits per heavy atom. The highest BCUT2D eigenvalue weighted by Gasteiger charge is 2.44. The maximum absolute atomic E-state index is 9.83. The van der Waals surface area contributed by atoms with Crippen LogP contribution in [0.3, 0.4) is 0 Å². The average Bonchev–Trinajstić information content (AvgIpc) is 2.74. The van der Waals surface area contributed by atoms with Crippen molar-refractivity contribution < 1.29 is 14.6 Å². The maximum Gasteiger partial charge on any atom is 0.196 e. The highest BCUT2D eigenvalue weighted by Crippen LogP contribution is 2.44. The fraction of sp³-hybridized carbons (Fsp3) is 0.545. The smallest absolute Gasteiger partial charge is 0.196 e. The number of nitrogens with zero attached hydrogens (tertiary/aromatic N) is 1. The second kappa shape index (κ2) is 3.27. The number of ether oxygens (including phenoxy) is 2. The highest BCUT2D eigenvalue weighted by atomic mass is 16.7. The van der Waals surface area contributed by atoms with E-state index in [0.29, 0.717) is 31.7 Å². The number of rotatable bonds is 0. The van der Waals surface area contributed by atoms with Gasteiger partial charge in [-0.05, 0) is 12.5 Å². The molecule has 80 valence electrons. The van der Waals surface area contributed by atoms with Gasteiger partial charge in [-0.2, -0.15) is 0 Å². The van der Waals surface area contributed by atoms with Gasteiger partial charge in [0.25, 0.3) is 0 Å². The van der Waals surface area contributed by atoms with Crippen molar-refractivity contribution in [2.24, 2.45) is 0 Å². The van der Waals surface area contributed by atoms with E-state index in [0.717, 1.165) is 5.56 Å². The van der Waals surface area contributed by atoms with Crippen molar-refractivity contribution in [3.05, 3.63) is 29.6 Å². The van der Waals surface area contributed by atoms with Crippen molar-refractivity contribution in [2.75, 3.05) is 13.2 Å². The van der Waals surface area contributed by atoms with E-state index in [1.54, 1.807) is 6.20 Å². The van der Waals surface area contributed by atoms with Crippen LogP contribution < -0.4 is 0 Å². The van der Waals surface area contributed by atoms with E-state index >= 15 is 0 Å². The van der Waals surface area contributed by atoms with Gasteiger partial charge in [0.05, 0.1) is 25.0 Å². The molecule has 0 amide bonds. The molecule has 4 heteroatoms. The van der Waals surface area contributed by atoms with Crippen molar-refractivity contribution >= 4 is 0 Å². The Balaban J connectivity index is 2.11. The van der Waals surface area contributed by atoms with Gasteiger partial charge in [-0.25, -0.2) is 0 Å². The van der Waals surface area contributed by atoms with Crippen molar-refractivity contribution in [2.45, 2.75) is 24.7 Å². The van der Waals surface area contributed by atoms with Gasteiger partial charge < -0.3 is 14.6 Å². The normalized spacial score (nSPS) is 27.9. The van der Waals surface area contributed by atoms with E-state index in [9.17, 15) is 5.11 Å². The zero-order valence-electron chi connectivity index (χ0n) is 8.35. The van der Waals surface area contributed by atoms with E-state index in [1.807, 2.05) is 12.1 Å². The van der Waals surface area contributed by atoms with Gasteiger partial charge in [0.15, 0.2) is 5.79 Å². The second-order valence-corrected chi connectivity index (χ2v) is 3.94. The van der Waals surface area contributed by atoms with Crippen LogP contribution in [-0.4, -0.2) is 23.3 Å². The third-order valence-electron chi connectivity index (χ3n) is 3.07. The van der Waals surface area contributed by atoms with Crippen LogP contribution in [0.15, 0.2) is 18.3 Å². The fourth-order valence-corrected chi connectivity index (χ4v) is 2.36. The molecule has 3 rings (SSSR count). The number of hydrogen-bond acceptors (Lipinski definition) is 4. The topological polar surface area (TPSA) is 51.6 Å². The summed E-state index contributed by atoms with van der Waals surface area (Å²) >= 11 is 0. The number of hydrogen-bond donors (Lipinski definition) is 1. The van der Waals surface area contributed by atoms with Crippen LogP contribution in [0.25, 0.3) is 0 Å². The van der Waals surface area contributed by atoms with E-state index in [-0.39, 0.29) is 0 Å². The molecule has 0 bridgehead atoms.